The molecule has 3 aromatic rings. The average Bonchev–Trinajstić information content (AvgIpc) is 3.31. The minimum Gasteiger partial charge on any atom is -0.411 e. The van der Waals surface area contributed by atoms with Crippen molar-refractivity contribution in [1.82, 2.24) is 10.2 Å². The zero-order valence-corrected chi connectivity index (χ0v) is 15.3. The summed E-state index contributed by atoms with van der Waals surface area (Å²) in [5.41, 5.74) is 4.44. The van der Waals surface area contributed by atoms with Crippen LogP contribution >= 0.6 is 11.8 Å². The first kappa shape index (κ1) is 16.8. The summed E-state index contributed by atoms with van der Waals surface area (Å²) >= 11 is 1.26. The number of benzene rings is 2. The summed E-state index contributed by atoms with van der Waals surface area (Å²) in [7, 11) is 0. The molecule has 6 heteroatoms. The van der Waals surface area contributed by atoms with E-state index in [0.717, 1.165) is 24.1 Å². The third kappa shape index (κ3) is 3.65. The highest BCUT2D eigenvalue weighted by Crippen LogP contribution is 2.28. The second kappa shape index (κ2) is 7.33. The van der Waals surface area contributed by atoms with E-state index < -0.39 is 0 Å². The number of amides is 1. The molecule has 0 fully saturated rings. The molecule has 1 atom stereocenters. The van der Waals surface area contributed by atoms with Crippen LogP contribution in [-0.4, -0.2) is 21.4 Å². The van der Waals surface area contributed by atoms with Crippen LogP contribution < -0.4 is 5.32 Å². The minimum absolute atomic E-state index is 0.0765. The molecule has 0 radical (unpaired) electrons. The molecule has 1 aliphatic carbocycles. The Morgan fingerprint density at radius 1 is 1.12 bits per heavy atom. The van der Waals surface area contributed by atoms with Gasteiger partial charge in [-0.2, -0.15) is 0 Å². The van der Waals surface area contributed by atoms with Crippen LogP contribution in [0.3, 0.4) is 0 Å². The van der Waals surface area contributed by atoms with E-state index in [4.69, 9.17) is 4.42 Å². The van der Waals surface area contributed by atoms with Crippen LogP contribution in [0.1, 0.15) is 24.5 Å². The number of carbonyl (C=O) groups is 1. The third-order valence-corrected chi connectivity index (χ3v) is 5.37. The number of fused-ring (bicyclic) bond motifs is 1. The molecule has 1 aromatic heterocycles. The third-order valence-electron chi connectivity index (χ3n) is 4.44. The van der Waals surface area contributed by atoms with E-state index in [2.05, 4.69) is 27.6 Å². The Hall–Kier alpha value is -2.60. The second-order valence-corrected chi connectivity index (χ2v) is 7.62. The predicted molar refractivity (Wildman–Crippen MR) is 102 cm³/mol. The number of aryl methyl sites for hydroxylation is 2. The molecule has 1 amide bonds. The van der Waals surface area contributed by atoms with E-state index in [1.54, 1.807) is 0 Å². The first-order valence-electron chi connectivity index (χ1n) is 8.67. The molecule has 0 spiro atoms. The van der Waals surface area contributed by atoms with Gasteiger partial charge in [-0.15, -0.1) is 10.2 Å². The molecular formula is C20H19N3O2S. The number of rotatable bonds is 5. The molecule has 0 bridgehead atoms. The van der Waals surface area contributed by atoms with Crippen molar-refractivity contribution < 1.29 is 9.21 Å². The maximum absolute atomic E-state index is 12.5. The minimum atomic E-state index is -0.340. The number of hydrogen-bond acceptors (Lipinski definition) is 5. The maximum atomic E-state index is 12.5. The Labute approximate surface area is 156 Å². The summed E-state index contributed by atoms with van der Waals surface area (Å²) in [5, 5.41) is 11.1. The first-order valence-corrected chi connectivity index (χ1v) is 9.55. The first-order chi connectivity index (χ1) is 12.7. The van der Waals surface area contributed by atoms with Crippen LogP contribution in [0, 0.1) is 0 Å². The van der Waals surface area contributed by atoms with Crippen LogP contribution in [0.4, 0.5) is 5.69 Å². The van der Waals surface area contributed by atoms with Crippen molar-refractivity contribution >= 4 is 23.4 Å². The standard InChI is InChI=1S/C20H19N3O2S/c1-13(18(24)21-17-11-10-14-8-5-9-16(14)12-17)26-20-23-22-19(25-20)15-6-3-2-4-7-15/h2-4,6-7,10-13H,5,8-9H2,1H3,(H,21,24)/t13-/m1/s1. The summed E-state index contributed by atoms with van der Waals surface area (Å²) in [6, 6.07) is 15.7. The summed E-state index contributed by atoms with van der Waals surface area (Å²) in [6.45, 7) is 1.83. The molecule has 0 aliphatic heterocycles. The molecule has 0 unspecified atom stereocenters. The lowest BCUT2D eigenvalue weighted by atomic mass is 10.1. The summed E-state index contributed by atoms with van der Waals surface area (Å²) < 4.78 is 5.66. The van der Waals surface area contributed by atoms with Gasteiger partial charge in [-0.25, -0.2) is 0 Å². The highest BCUT2D eigenvalue weighted by molar-refractivity contribution is 8.00. The van der Waals surface area contributed by atoms with Crippen LogP contribution in [0.25, 0.3) is 11.5 Å². The lowest BCUT2D eigenvalue weighted by Crippen LogP contribution is -2.22. The largest absolute Gasteiger partial charge is 0.411 e. The molecule has 2 aromatic carbocycles. The van der Waals surface area contributed by atoms with Gasteiger partial charge < -0.3 is 9.73 Å². The summed E-state index contributed by atoms with van der Waals surface area (Å²) in [4.78, 5) is 12.5. The van der Waals surface area contributed by atoms with Gasteiger partial charge in [0.05, 0.1) is 5.25 Å². The number of thioether (sulfide) groups is 1. The highest BCUT2D eigenvalue weighted by atomic mass is 32.2. The zero-order valence-electron chi connectivity index (χ0n) is 14.4. The fourth-order valence-electron chi connectivity index (χ4n) is 3.05. The quantitative estimate of drug-likeness (QED) is 0.681. The van der Waals surface area contributed by atoms with Crippen LogP contribution in [0.2, 0.25) is 0 Å². The Balaban J connectivity index is 1.39. The van der Waals surface area contributed by atoms with Crippen molar-refractivity contribution in [2.24, 2.45) is 0 Å². The molecule has 26 heavy (non-hydrogen) atoms. The van der Waals surface area contributed by atoms with Gasteiger partial charge in [-0.1, -0.05) is 36.0 Å². The maximum Gasteiger partial charge on any atom is 0.277 e. The Bertz CT molecular complexity index is 924. The lowest BCUT2D eigenvalue weighted by Gasteiger charge is -2.11. The topological polar surface area (TPSA) is 68.0 Å². The highest BCUT2D eigenvalue weighted by Gasteiger charge is 2.19. The average molecular weight is 365 g/mol. The second-order valence-electron chi connectivity index (χ2n) is 6.33. The van der Waals surface area contributed by atoms with Crippen LogP contribution in [-0.2, 0) is 17.6 Å². The summed E-state index contributed by atoms with van der Waals surface area (Å²) in [5.74, 6) is 0.381. The van der Waals surface area contributed by atoms with E-state index in [-0.39, 0.29) is 11.2 Å². The van der Waals surface area contributed by atoms with Gasteiger partial charge in [0.15, 0.2) is 0 Å². The number of nitrogens with zero attached hydrogens (tertiary/aromatic N) is 2. The van der Waals surface area contributed by atoms with Gasteiger partial charge in [-0.05, 0) is 61.6 Å². The SMILES string of the molecule is C[C@@H](Sc1nnc(-c2ccccc2)o1)C(=O)Nc1ccc2c(c1)CCC2. The Kier molecular flexibility index (Phi) is 4.75. The van der Waals surface area contributed by atoms with Gasteiger partial charge >= 0.3 is 0 Å². The van der Waals surface area contributed by atoms with E-state index in [1.165, 1.54) is 29.3 Å². The van der Waals surface area contributed by atoms with Crippen LogP contribution in [0.15, 0.2) is 58.2 Å². The van der Waals surface area contributed by atoms with Gasteiger partial charge in [0, 0.05) is 11.3 Å². The van der Waals surface area contributed by atoms with E-state index in [9.17, 15) is 4.79 Å². The van der Waals surface area contributed by atoms with Gasteiger partial charge in [0.2, 0.25) is 11.8 Å². The molecular weight excluding hydrogens is 346 g/mol. The number of carbonyl (C=O) groups excluding carboxylic acids is 1. The number of aromatic nitrogens is 2. The number of hydrogen-bond donors (Lipinski definition) is 1. The zero-order chi connectivity index (χ0) is 17.9. The van der Waals surface area contributed by atoms with Crippen molar-refractivity contribution in [3.63, 3.8) is 0 Å². The smallest absolute Gasteiger partial charge is 0.277 e. The van der Waals surface area contributed by atoms with Crippen molar-refractivity contribution in [3.8, 4) is 11.5 Å². The number of anilines is 1. The number of nitrogens with one attached hydrogen (secondary N) is 1. The van der Waals surface area contributed by atoms with Crippen LogP contribution in [0.5, 0.6) is 0 Å². The van der Waals surface area contributed by atoms with Crippen molar-refractivity contribution in [3.05, 3.63) is 59.7 Å². The predicted octanol–water partition coefficient (Wildman–Crippen LogP) is 4.34. The lowest BCUT2D eigenvalue weighted by molar-refractivity contribution is -0.115. The van der Waals surface area contributed by atoms with Gasteiger partial charge in [0.1, 0.15) is 0 Å². The molecule has 4 rings (SSSR count). The van der Waals surface area contributed by atoms with E-state index in [1.807, 2.05) is 43.3 Å². The molecule has 1 heterocycles. The summed E-state index contributed by atoms with van der Waals surface area (Å²) in [6.07, 6.45) is 3.42. The van der Waals surface area contributed by atoms with E-state index in [0.29, 0.717) is 11.1 Å². The molecule has 0 saturated heterocycles. The monoisotopic (exact) mass is 365 g/mol. The normalized spacial score (nSPS) is 14.0. The van der Waals surface area contributed by atoms with Crippen molar-refractivity contribution in [2.45, 2.75) is 36.7 Å². The molecule has 1 aliphatic rings. The molecule has 0 saturated carbocycles. The molecule has 1 N–H and O–H groups in total. The Morgan fingerprint density at radius 2 is 1.92 bits per heavy atom. The fourth-order valence-corrected chi connectivity index (χ4v) is 3.74. The Morgan fingerprint density at radius 3 is 2.77 bits per heavy atom. The van der Waals surface area contributed by atoms with Gasteiger partial charge in [0.25, 0.3) is 5.22 Å². The molecule has 5 nitrogen and oxygen atoms in total. The van der Waals surface area contributed by atoms with Crippen molar-refractivity contribution in [1.29, 1.82) is 0 Å². The molecule has 132 valence electrons. The van der Waals surface area contributed by atoms with Crippen molar-refractivity contribution in [2.75, 3.05) is 5.32 Å². The van der Waals surface area contributed by atoms with Gasteiger partial charge in [-0.3, -0.25) is 4.79 Å². The van der Waals surface area contributed by atoms with E-state index >= 15 is 0 Å². The fraction of sp³-hybridized carbons (Fsp3) is 0.250.